The van der Waals surface area contributed by atoms with Crippen LogP contribution in [0.1, 0.15) is 38.2 Å². The number of rotatable bonds is 2. The lowest BCUT2D eigenvalue weighted by molar-refractivity contribution is -0.0116. The standard InChI is InChI=1S/C14H19F2N/c1-11(2)12-4-6-13(7-5-12)17-9-3-8-14(15,16)10-17/h4-7,11H,3,8-10H2,1-2H3. The van der Waals surface area contributed by atoms with Gasteiger partial charge in [0.25, 0.3) is 5.92 Å². The summed E-state index contributed by atoms with van der Waals surface area (Å²) in [5.74, 6) is -2.05. The number of halogens is 2. The van der Waals surface area contributed by atoms with Crippen LogP contribution in [0, 0.1) is 0 Å². The molecule has 0 amide bonds. The Morgan fingerprint density at radius 2 is 1.82 bits per heavy atom. The first-order valence-corrected chi connectivity index (χ1v) is 6.21. The highest BCUT2D eigenvalue weighted by atomic mass is 19.3. The number of nitrogens with zero attached hydrogens (tertiary/aromatic N) is 1. The predicted molar refractivity (Wildman–Crippen MR) is 66.9 cm³/mol. The Morgan fingerprint density at radius 3 is 2.35 bits per heavy atom. The van der Waals surface area contributed by atoms with E-state index in [9.17, 15) is 8.78 Å². The molecule has 0 unspecified atom stereocenters. The van der Waals surface area contributed by atoms with Crippen LogP contribution in [0.15, 0.2) is 24.3 Å². The van der Waals surface area contributed by atoms with Crippen LogP contribution in [0.25, 0.3) is 0 Å². The number of anilines is 1. The van der Waals surface area contributed by atoms with Crippen LogP contribution in [-0.4, -0.2) is 19.0 Å². The molecule has 1 aliphatic heterocycles. The second kappa shape index (κ2) is 4.63. The van der Waals surface area contributed by atoms with E-state index < -0.39 is 5.92 Å². The summed E-state index contributed by atoms with van der Waals surface area (Å²) in [5, 5.41) is 0. The maximum absolute atomic E-state index is 13.3. The van der Waals surface area contributed by atoms with Crippen molar-refractivity contribution in [1.29, 1.82) is 0 Å². The van der Waals surface area contributed by atoms with E-state index in [1.54, 1.807) is 4.90 Å². The Kier molecular flexibility index (Phi) is 3.36. The highest BCUT2D eigenvalue weighted by molar-refractivity contribution is 5.48. The predicted octanol–water partition coefficient (Wildman–Crippen LogP) is 4.05. The summed E-state index contributed by atoms with van der Waals surface area (Å²) in [4.78, 5) is 1.79. The summed E-state index contributed by atoms with van der Waals surface area (Å²) in [7, 11) is 0. The first-order chi connectivity index (χ1) is 7.98. The van der Waals surface area contributed by atoms with Crippen LogP contribution >= 0.6 is 0 Å². The number of piperidine rings is 1. The highest BCUT2D eigenvalue weighted by Gasteiger charge is 2.35. The molecule has 1 heterocycles. The molecule has 1 fully saturated rings. The minimum Gasteiger partial charge on any atom is -0.365 e. The maximum Gasteiger partial charge on any atom is 0.265 e. The number of hydrogen-bond acceptors (Lipinski definition) is 1. The van der Waals surface area contributed by atoms with Gasteiger partial charge in [-0.3, -0.25) is 0 Å². The molecule has 1 aromatic carbocycles. The smallest absolute Gasteiger partial charge is 0.265 e. The van der Waals surface area contributed by atoms with Crippen LogP contribution in [-0.2, 0) is 0 Å². The summed E-state index contributed by atoms with van der Waals surface area (Å²) in [5.41, 5.74) is 2.16. The van der Waals surface area contributed by atoms with Crippen molar-refractivity contribution in [1.82, 2.24) is 0 Å². The van der Waals surface area contributed by atoms with Gasteiger partial charge in [0.2, 0.25) is 0 Å². The molecule has 0 radical (unpaired) electrons. The van der Waals surface area contributed by atoms with E-state index in [4.69, 9.17) is 0 Å². The van der Waals surface area contributed by atoms with Gasteiger partial charge in [-0.25, -0.2) is 8.78 Å². The van der Waals surface area contributed by atoms with Crippen molar-refractivity contribution in [2.45, 2.75) is 38.5 Å². The van der Waals surface area contributed by atoms with E-state index in [0.717, 1.165) is 12.2 Å². The van der Waals surface area contributed by atoms with Crippen LogP contribution in [0.2, 0.25) is 0 Å². The van der Waals surface area contributed by atoms with E-state index in [0.29, 0.717) is 12.3 Å². The van der Waals surface area contributed by atoms with Crippen molar-refractivity contribution in [2.75, 3.05) is 18.0 Å². The van der Waals surface area contributed by atoms with Crippen LogP contribution in [0.4, 0.5) is 14.5 Å². The molecule has 3 heteroatoms. The fraction of sp³-hybridized carbons (Fsp3) is 0.571. The maximum atomic E-state index is 13.3. The molecule has 0 N–H and O–H groups in total. The third-order valence-electron chi connectivity index (χ3n) is 3.32. The normalized spacial score (nSPS) is 19.7. The third-order valence-corrected chi connectivity index (χ3v) is 3.32. The Morgan fingerprint density at radius 1 is 1.18 bits per heavy atom. The number of hydrogen-bond donors (Lipinski definition) is 0. The summed E-state index contributed by atoms with van der Waals surface area (Å²) >= 11 is 0. The first-order valence-electron chi connectivity index (χ1n) is 6.21. The lowest BCUT2D eigenvalue weighted by Crippen LogP contribution is -2.42. The SMILES string of the molecule is CC(C)c1ccc(N2CCCC(F)(F)C2)cc1. The fourth-order valence-corrected chi connectivity index (χ4v) is 2.26. The average Bonchev–Trinajstić information content (AvgIpc) is 2.28. The van der Waals surface area contributed by atoms with Gasteiger partial charge in [0.1, 0.15) is 0 Å². The first kappa shape index (κ1) is 12.3. The molecular weight excluding hydrogens is 220 g/mol. The molecule has 1 nitrogen and oxygen atoms in total. The zero-order chi connectivity index (χ0) is 12.5. The lowest BCUT2D eigenvalue weighted by atomic mass is 10.0. The molecule has 0 aromatic heterocycles. The van der Waals surface area contributed by atoms with Crippen molar-refractivity contribution in [3.63, 3.8) is 0 Å². The highest BCUT2D eigenvalue weighted by Crippen LogP contribution is 2.30. The lowest BCUT2D eigenvalue weighted by Gasteiger charge is -2.34. The van der Waals surface area contributed by atoms with Gasteiger partial charge in [-0.05, 0) is 30.0 Å². The Bertz CT molecular complexity index is 370. The van der Waals surface area contributed by atoms with E-state index in [2.05, 4.69) is 13.8 Å². The summed E-state index contributed by atoms with van der Waals surface area (Å²) in [6.45, 7) is 4.85. The van der Waals surface area contributed by atoms with E-state index in [-0.39, 0.29) is 13.0 Å². The van der Waals surface area contributed by atoms with Crippen molar-refractivity contribution in [2.24, 2.45) is 0 Å². The molecule has 1 saturated heterocycles. The molecule has 0 bridgehead atoms. The minimum atomic E-state index is -2.53. The third kappa shape index (κ3) is 2.96. The molecule has 1 aromatic rings. The monoisotopic (exact) mass is 239 g/mol. The van der Waals surface area contributed by atoms with E-state index >= 15 is 0 Å². The van der Waals surface area contributed by atoms with Gasteiger partial charge in [-0.2, -0.15) is 0 Å². The Hall–Kier alpha value is -1.12. The summed E-state index contributed by atoms with van der Waals surface area (Å²) in [6, 6.07) is 7.98. The molecule has 0 aliphatic carbocycles. The second-order valence-electron chi connectivity index (χ2n) is 5.13. The number of alkyl halides is 2. The minimum absolute atomic E-state index is 0.0214. The number of benzene rings is 1. The van der Waals surface area contributed by atoms with Crippen LogP contribution in [0.5, 0.6) is 0 Å². The summed E-state index contributed by atoms with van der Waals surface area (Å²) in [6.07, 6.45) is 0.590. The molecule has 0 saturated carbocycles. The molecule has 0 atom stereocenters. The van der Waals surface area contributed by atoms with Crippen molar-refractivity contribution in [3.05, 3.63) is 29.8 Å². The average molecular weight is 239 g/mol. The fourth-order valence-electron chi connectivity index (χ4n) is 2.26. The van der Waals surface area contributed by atoms with Crippen LogP contribution < -0.4 is 4.90 Å². The Balaban J connectivity index is 2.12. The Labute approximate surface area is 101 Å². The quantitative estimate of drug-likeness (QED) is 0.752. The topological polar surface area (TPSA) is 3.24 Å². The van der Waals surface area contributed by atoms with Gasteiger partial charge < -0.3 is 4.90 Å². The van der Waals surface area contributed by atoms with E-state index in [1.807, 2.05) is 24.3 Å². The molecule has 94 valence electrons. The van der Waals surface area contributed by atoms with Gasteiger partial charge in [0, 0.05) is 18.7 Å². The summed E-state index contributed by atoms with van der Waals surface area (Å²) < 4.78 is 26.6. The second-order valence-corrected chi connectivity index (χ2v) is 5.13. The molecular formula is C14H19F2N. The van der Waals surface area contributed by atoms with Crippen molar-refractivity contribution >= 4 is 5.69 Å². The zero-order valence-corrected chi connectivity index (χ0v) is 10.4. The van der Waals surface area contributed by atoms with Gasteiger partial charge in [0.05, 0.1) is 6.54 Å². The largest absolute Gasteiger partial charge is 0.365 e. The van der Waals surface area contributed by atoms with Gasteiger partial charge in [0.15, 0.2) is 0 Å². The molecule has 0 spiro atoms. The van der Waals surface area contributed by atoms with Crippen molar-refractivity contribution in [3.8, 4) is 0 Å². The van der Waals surface area contributed by atoms with Crippen LogP contribution in [0.3, 0.4) is 0 Å². The van der Waals surface area contributed by atoms with Crippen molar-refractivity contribution < 1.29 is 8.78 Å². The molecule has 1 aliphatic rings. The van der Waals surface area contributed by atoms with Gasteiger partial charge >= 0.3 is 0 Å². The molecule has 17 heavy (non-hydrogen) atoms. The van der Waals surface area contributed by atoms with Gasteiger partial charge in [-0.1, -0.05) is 26.0 Å². The zero-order valence-electron chi connectivity index (χ0n) is 10.4. The van der Waals surface area contributed by atoms with Gasteiger partial charge in [-0.15, -0.1) is 0 Å². The van der Waals surface area contributed by atoms with E-state index in [1.165, 1.54) is 5.56 Å². The molecule has 2 rings (SSSR count).